The number of aryl methyl sites for hydroxylation is 3. The highest BCUT2D eigenvalue weighted by Gasteiger charge is 2.17. The summed E-state index contributed by atoms with van der Waals surface area (Å²) in [6.07, 6.45) is 4.69. The van der Waals surface area contributed by atoms with Crippen LogP contribution in [0.15, 0.2) is 18.2 Å². The SMILES string of the molecule is Cc1cc(C)cc(-n2nnc3c2CCCC3)c1. The minimum atomic E-state index is 1.08. The van der Waals surface area contributed by atoms with Crippen molar-refractivity contribution in [3.05, 3.63) is 40.7 Å². The smallest absolute Gasteiger partial charge is 0.0863 e. The Labute approximate surface area is 101 Å². The number of fused-ring (bicyclic) bond motifs is 1. The Morgan fingerprint density at radius 3 is 2.47 bits per heavy atom. The fourth-order valence-corrected chi connectivity index (χ4v) is 2.64. The molecule has 1 heterocycles. The van der Waals surface area contributed by atoms with Crippen LogP contribution in [-0.4, -0.2) is 15.0 Å². The van der Waals surface area contributed by atoms with Gasteiger partial charge in [-0.15, -0.1) is 5.10 Å². The Hall–Kier alpha value is -1.64. The Balaban J connectivity index is 2.11. The zero-order valence-electron chi connectivity index (χ0n) is 10.4. The third-order valence-electron chi connectivity index (χ3n) is 3.37. The molecule has 17 heavy (non-hydrogen) atoms. The molecule has 0 N–H and O–H groups in total. The van der Waals surface area contributed by atoms with Gasteiger partial charge in [0.15, 0.2) is 0 Å². The zero-order valence-corrected chi connectivity index (χ0v) is 10.4. The minimum absolute atomic E-state index is 1.08. The van der Waals surface area contributed by atoms with Gasteiger partial charge in [-0.05, 0) is 62.8 Å². The lowest BCUT2D eigenvalue weighted by Crippen LogP contribution is -2.08. The topological polar surface area (TPSA) is 30.7 Å². The Morgan fingerprint density at radius 1 is 1.00 bits per heavy atom. The predicted molar refractivity (Wildman–Crippen MR) is 67.5 cm³/mol. The second-order valence-corrected chi connectivity index (χ2v) is 4.95. The largest absolute Gasteiger partial charge is 0.217 e. The molecule has 2 aromatic rings. The van der Waals surface area contributed by atoms with Crippen molar-refractivity contribution in [2.24, 2.45) is 0 Å². The molecule has 0 saturated heterocycles. The molecular formula is C14H17N3. The number of hydrogen-bond acceptors (Lipinski definition) is 2. The summed E-state index contributed by atoms with van der Waals surface area (Å²) in [5.74, 6) is 0. The van der Waals surface area contributed by atoms with Gasteiger partial charge in [-0.25, -0.2) is 4.68 Å². The van der Waals surface area contributed by atoms with Crippen molar-refractivity contribution in [1.29, 1.82) is 0 Å². The molecule has 0 aliphatic heterocycles. The van der Waals surface area contributed by atoms with Gasteiger partial charge in [0.2, 0.25) is 0 Å². The van der Waals surface area contributed by atoms with E-state index in [2.05, 4.69) is 42.4 Å². The average molecular weight is 227 g/mol. The number of hydrogen-bond donors (Lipinski definition) is 0. The summed E-state index contributed by atoms with van der Waals surface area (Å²) in [4.78, 5) is 0. The second kappa shape index (κ2) is 3.99. The highest BCUT2D eigenvalue weighted by Crippen LogP contribution is 2.22. The van der Waals surface area contributed by atoms with E-state index < -0.39 is 0 Å². The Kier molecular flexibility index (Phi) is 2.46. The molecule has 0 atom stereocenters. The quantitative estimate of drug-likeness (QED) is 0.750. The minimum Gasteiger partial charge on any atom is -0.217 e. The van der Waals surface area contributed by atoms with Crippen molar-refractivity contribution in [2.45, 2.75) is 39.5 Å². The van der Waals surface area contributed by atoms with E-state index in [9.17, 15) is 0 Å². The molecule has 0 amide bonds. The lowest BCUT2D eigenvalue weighted by molar-refractivity contribution is 0.652. The highest BCUT2D eigenvalue weighted by atomic mass is 15.4. The van der Waals surface area contributed by atoms with Crippen molar-refractivity contribution in [1.82, 2.24) is 15.0 Å². The van der Waals surface area contributed by atoms with Gasteiger partial charge < -0.3 is 0 Å². The fourth-order valence-electron chi connectivity index (χ4n) is 2.64. The molecular weight excluding hydrogens is 210 g/mol. The van der Waals surface area contributed by atoms with Crippen LogP contribution in [0.25, 0.3) is 5.69 Å². The Bertz CT molecular complexity index is 534. The van der Waals surface area contributed by atoms with Gasteiger partial charge in [-0.2, -0.15) is 0 Å². The molecule has 1 aliphatic rings. The molecule has 0 fully saturated rings. The van der Waals surface area contributed by atoms with Gasteiger partial charge in [0, 0.05) is 0 Å². The van der Waals surface area contributed by atoms with E-state index >= 15 is 0 Å². The molecule has 3 heteroatoms. The molecule has 0 radical (unpaired) electrons. The normalized spacial score (nSPS) is 14.7. The molecule has 0 bridgehead atoms. The summed E-state index contributed by atoms with van der Waals surface area (Å²) in [6.45, 7) is 4.25. The molecule has 0 unspecified atom stereocenters. The summed E-state index contributed by atoms with van der Waals surface area (Å²) in [5, 5.41) is 8.62. The first-order valence-corrected chi connectivity index (χ1v) is 6.26. The molecule has 1 aromatic carbocycles. The second-order valence-electron chi connectivity index (χ2n) is 4.95. The standard InChI is InChI=1S/C14H17N3/c1-10-7-11(2)9-12(8-10)17-14-6-4-3-5-13(14)15-16-17/h7-9H,3-6H2,1-2H3. The molecule has 0 saturated carbocycles. The highest BCUT2D eigenvalue weighted by molar-refractivity contribution is 5.40. The molecule has 1 aromatic heterocycles. The van der Waals surface area contributed by atoms with Crippen LogP contribution in [-0.2, 0) is 12.8 Å². The summed E-state index contributed by atoms with van der Waals surface area (Å²) >= 11 is 0. The van der Waals surface area contributed by atoms with Crippen LogP contribution in [0.3, 0.4) is 0 Å². The van der Waals surface area contributed by atoms with Crippen molar-refractivity contribution < 1.29 is 0 Å². The maximum absolute atomic E-state index is 4.32. The van der Waals surface area contributed by atoms with Gasteiger partial charge in [-0.1, -0.05) is 11.3 Å². The van der Waals surface area contributed by atoms with Gasteiger partial charge >= 0.3 is 0 Å². The van der Waals surface area contributed by atoms with Crippen LogP contribution < -0.4 is 0 Å². The van der Waals surface area contributed by atoms with E-state index in [1.807, 2.05) is 4.68 Å². The summed E-state index contributed by atoms with van der Waals surface area (Å²) < 4.78 is 2.02. The van der Waals surface area contributed by atoms with Gasteiger partial charge in [0.25, 0.3) is 0 Å². The van der Waals surface area contributed by atoms with Crippen molar-refractivity contribution in [2.75, 3.05) is 0 Å². The lowest BCUT2D eigenvalue weighted by Gasteiger charge is -2.12. The third kappa shape index (κ3) is 1.86. The van der Waals surface area contributed by atoms with Crippen LogP contribution in [0.1, 0.15) is 35.4 Å². The molecule has 3 rings (SSSR count). The first-order chi connectivity index (χ1) is 8.24. The van der Waals surface area contributed by atoms with Crippen molar-refractivity contribution in [3.63, 3.8) is 0 Å². The number of rotatable bonds is 1. The molecule has 88 valence electrons. The number of benzene rings is 1. The summed E-state index contributed by atoms with van der Waals surface area (Å²) in [6, 6.07) is 6.54. The lowest BCUT2D eigenvalue weighted by atomic mass is 10.0. The van der Waals surface area contributed by atoms with Crippen LogP contribution in [0.2, 0.25) is 0 Å². The van der Waals surface area contributed by atoms with E-state index in [-0.39, 0.29) is 0 Å². The third-order valence-corrected chi connectivity index (χ3v) is 3.37. The van der Waals surface area contributed by atoms with Crippen LogP contribution in [0.4, 0.5) is 0 Å². The summed E-state index contributed by atoms with van der Waals surface area (Å²) in [5.41, 5.74) is 6.20. The average Bonchev–Trinajstić information content (AvgIpc) is 2.71. The van der Waals surface area contributed by atoms with Gasteiger partial charge in [0.1, 0.15) is 0 Å². The molecule has 3 nitrogen and oxygen atoms in total. The number of nitrogens with zero attached hydrogens (tertiary/aromatic N) is 3. The Morgan fingerprint density at radius 2 is 1.71 bits per heavy atom. The maximum Gasteiger partial charge on any atom is 0.0863 e. The van der Waals surface area contributed by atoms with Crippen LogP contribution >= 0.6 is 0 Å². The van der Waals surface area contributed by atoms with Crippen molar-refractivity contribution >= 4 is 0 Å². The van der Waals surface area contributed by atoms with E-state index in [1.54, 1.807) is 0 Å². The van der Waals surface area contributed by atoms with Crippen molar-refractivity contribution in [3.8, 4) is 5.69 Å². The maximum atomic E-state index is 4.32. The van der Waals surface area contributed by atoms with Crippen LogP contribution in [0.5, 0.6) is 0 Å². The summed E-state index contributed by atoms with van der Waals surface area (Å²) in [7, 11) is 0. The zero-order chi connectivity index (χ0) is 11.8. The predicted octanol–water partition coefficient (Wildman–Crippen LogP) is 2.76. The van der Waals surface area contributed by atoms with Crippen LogP contribution in [0, 0.1) is 13.8 Å². The molecule has 0 spiro atoms. The monoisotopic (exact) mass is 227 g/mol. The first kappa shape index (κ1) is 10.5. The van der Waals surface area contributed by atoms with Gasteiger partial charge in [-0.3, -0.25) is 0 Å². The van der Waals surface area contributed by atoms with Gasteiger partial charge in [0.05, 0.1) is 17.1 Å². The van der Waals surface area contributed by atoms with E-state index in [0.29, 0.717) is 0 Å². The van der Waals surface area contributed by atoms with E-state index in [4.69, 9.17) is 0 Å². The number of aromatic nitrogens is 3. The van der Waals surface area contributed by atoms with E-state index in [0.717, 1.165) is 18.5 Å². The fraction of sp³-hybridized carbons (Fsp3) is 0.429. The molecule has 1 aliphatic carbocycles. The first-order valence-electron chi connectivity index (χ1n) is 6.26. The van der Waals surface area contributed by atoms with E-state index in [1.165, 1.54) is 35.4 Å².